The highest BCUT2D eigenvalue weighted by atomic mass is 15.3. The zero-order chi connectivity index (χ0) is 9.80. The van der Waals surface area contributed by atoms with E-state index < -0.39 is 0 Å². The molecule has 1 atom stereocenters. The molecule has 4 heteroatoms. The molecule has 1 aliphatic heterocycles. The van der Waals surface area contributed by atoms with Crippen molar-refractivity contribution < 1.29 is 0 Å². The molecule has 4 nitrogen and oxygen atoms in total. The summed E-state index contributed by atoms with van der Waals surface area (Å²) >= 11 is 0. The number of hydrogen-bond donors (Lipinski definition) is 1. The molecule has 0 bridgehead atoms. The molecule has 1 aromatic heterocycles. The van der Waals surface area contributed by atoms with Gasteiger partial charge in [0.2, 0.25) is 5.95 Å². The van der Waals surface area contributed by atoms with E-state index in [0.717, 1.165) is 25.6 Å². The molecule has 0 aromatic carbocycles. The van der Waals surface area contributed by atoms with Gasteiger partial charge in [-0.1, -0.05) is 0 Å². The van der Waals surface area contributed by atoms with E-state index in [-0.39, 0.29) is 0 Å². The number of rotatable bonds is 3. The van der Waals surface area contributed by atoms with Crippen LogP contribution in [0.5, 0.6) is 0 Å². The molecule has 1 aliphatic rings. The van der Waals surface area contributed by atoms with Crippen molar-refractivity contribution in [2.45, 2.75) is 19.4 Å². The molecule has 0 amide bonds. The van der Waals surface area contributed by atoms with Gasteiger partial charge in [-0.2, -0.15) is 0 Å². The largest absolute Gasteiger partial charge is 0.337 e. The zero-order valence-electron chi connectivity index (χ0n) is 8.48. The van der Waals surface area contributed by atoms with Crippen molar-refractivity contribution in [1.82, 2.24) is 15.3 Å². The molecule has 2 heterocycles. The van der Waals surface area contributed by atoms with Crippen molar-refractivity contribution in [2.75, 3.05) is 24.5 Å². The second kappa shape index (κ2) is 4.37. The SMILES string of the molecule is CCN(c1ncccn1)[C@@H]1CCNC1. The first-order chi connectivity index (χ1) is 6.92. The molecule has 76 valence electrons. The molecule has 1 N–H and O–H groups in total. The van der Waals surface area contributed by atoms with Gasteiger partial charge in [0.25, 0.3) is 0 Å². The third-order valence-electron chi connectivity index (χ3n) is 2.62. The van der Waals surface area contributed by atoms with Crippen LogP contribution in [0.15, 0.2) is 18.5 Å². The van der Waals surface area contributed by atoms with Gasteiger partial charge in [-0.25, -0.2) is 9.97 Å². The predicted molar refractivity (Wildman–Crippen MR) is 56.3 cm³/mol. The van der Waals surface area contributed by atoms with Crippen LogP contribution >= 0.6 is 0 Å². The third-order valence-corrected chi connectivity index (χ3v) is 2.62. The Morgan fingerprint density at radius 3 is 2.86 bits per heavy atom. The normalized spacial score (nSPS) is 21.1. The number of nitrogens with zero attached hydrogens (tertiary/aromatic N) is 3. The van der Waals surface area contributed by atoms with Gasteiger partial charge in [0.1, 0.15) is 0 Å². The molecule has 1 fully saturated rings. The number of nitrogens with one attached hydrogen (secondary N) is 1. The lowest BCUT2D eigenvalue weighted by Gasteiger charge is -2.26. The lowest BCUT2D eigenvalue weighted by Crippen LogP contribution is -2.37. The Labute approximate surface area is 84.4 Å². The first-order valence-electron chi connectivity index (χ1n) is 5.16. The molecule has 1 saturated heterocycles. The molecule has 0 saturated carbocycles. The van der Waals surface area contributed by atoms with Gasteiger partial charge >= 0.3 is 0 Å². The summed E-state index contributed by atoms with van der Waals surface area (Å²) in [5.74, 6) is 0.851. The second-order valence-electron chi connectivity index (χ2n) is 3.48. The molecule has 0 radical (unpaired) electrons. The van der Waals surface area contributed by atoms with Gasteiger partial charge in [-0.05, 0) is 26.0 Å². The first-order valence-corrected chi connectivity index (χ1v) is 5.16. The van der Waals surface area contributed by atoms with E-state index in [1.807, 2.05) is 6.07 Å². The maximum absolute atomic E-state index is 4.28. The van der Waals surface area contributed by atoms with Gasteiger partial charge in [0.05, 0.1) is 0 Å². The average molecular weight is 192 g/mol. The van der Waals surface area contributed by atoms with Crippen LogP contribution in [0.4, 0.5) is 5.95 Å². The van der Waals surface area contributed by atoms with Gasteiger partial charge in [0.15, 0.2) is 0 Å². The fourth-order valence-electron chi connectivity index (χ4n) is 1.91. The fraction of sp³-hybridized carbons (Fsp3) is 0.600. The van der Waals surface area contributed by atoms with E-state index >= 15 is 0 Å². The Hall–Kier alpha value is -1.16. The van der Waals surface area contributed by atoms with Crippen molar-refractivity contribution in [1.29, 1.82) is 0 Å². The van der Waals surface area contributed by atoms with Crippen molar-refractivity contribution >= 4 is 5.95 Å². The summed E-state index contributed by atoms with van der Waals surface area (Å²) < 4.78 is 0. The van der Waals surface area contributed by atoms with Crippen molar-refractivity contribution in [2.24, 2.45) is 0 Å². The minimum Gasteiger partial charge on any atom is -0.337 e. The summed E-state index contributed by atoms with van der Waals surface area (Å²) in [6, 6.07) is 2.41. The number of hydrogen-bond acceptors (Lipinski definition) is 4. The van der Waals surface area contributed by atoms with E-state index in [1.165, 1.54) is 6.42 Å². The Balaban J connectivity index is 2.12. The van der Waals surface area contributed by atoms with Crippen molar-refractivity contribution in [3.63, 3.8) is 0 Å². The number of anilines is 1. The number of likely N-dealkylation sites (N-methyl/N-ethyl adjacent to an activating group) is 1. The topological polar surface area (TPSA) is 41.1 Å². The Bertz CT molecular complexity index is 269. The highest BCUT2D eigenvalue weighted by Gasteiger charge is 2.22. The Morgan fingerprint density at radius 1 is 1.50 bits per heavy atom. The minimum atomic E-state index is 0.558. The van der Waals surface area contributed by atoms with Crippen LogP contribution in [0.1, 0.15) is 13.3 Å². The van der Waals surface area contributed by atoms with Crippen molar-refractivity contribution in [3.05, 3.63) is 18.5 Å². The van der Waals surface area contributed by atoms with Crippen molar-refractivity contribution in [3.8, 4) is 0 Å². The smallest absolute Gasteiger partial charge is 0.225 e. The quantitative estimate of drug-likeness (QED) is 0.764. The predicted octanol–water partition coefficient (Wildman–Crippen LogP) is 0.665. The summed E-state index contributed by atoms with van der Waals surface area (Å²) in [6.07, 6.45) is 4.78. The summed E-state index contributed by atoms with van der Waals surface area (Å²) in [4.78, 5) is 10.8. The molecular weight excluding hydrogens is 176 g/mol. The summed E-state index contributed by atoms with van der Waals surface area (Å²) in [7, 11) is 0. The Morgan fingerprint density at radius 2 is 2.29 bits per heavy atom. The molecule has 0 unspecified atom stereocenters. The molecular formula is C10H16N4. The van der Waals surface area contributed by atoms with E-state index in [1.54, 1.807) is 12.4 Å². The zero-order valence-corrected chi connectivity index (χ0v) is 8.48. The summed E-state index contributed by atoms with van der Waals surface area (Å²) in [5.41, 5.74) is 0. The van der Waals surface area contributed by atoms with Crippen LogP contribution in [0.2, 0.25) is 0 Å². The van der Waals surface area contributed by atoms with Gasteiger partial charge in [-0.15, -0.1) is 0 Å². The maximum atomic E-state index is 4.28. The van der Waals surface area contributed by atoms with Gasteiger partial charge in [-0.3, -0.25) is 0 Å². The van der Waals surface area contributed by atoms with E-state index in [0.29, 0.717) is 6.04 Å². The Kier molecular flexibility index (Phi) is 2.93. The minimum absolute atomic E-state index is 0.558. The monoisotopic (exact) mass is 192 g/mol. The molecule has 14 heavy (non-hydrogen) atoms. The average Bonchev–Trinajstić information content (AvgIpc) is 2.74. The van der Waals surface area contributed by atoms with Gasteiger partial charge in [0, 0.05) is 31.5 Å². The molecule has 0 aliphatic carbocycles. The van der Waals surface area contributed by atoms with Crippen LogP contribution < -0.4 is 10.2 Å². The first kappa shape index (κ1) is 9.40. The van der Waals surface area contributed by atoms with Crippen LogP contribution in [-0.2, 0) is 0 Å². The standard InChI is InChI=1S/C10H16N4/c1-2-14(9-4-7-11-8-9)10-12-5-3-6-13-10/h3,5-6,9,11H,2,4,7-8H2,1H3/t9-/m1/s1. The van der Waals surface area contributed by atoms with Crippen LogP contribution in [-0.4, -0.2) is 35.6 Å². The lowest BCUT2D eigenvalue weighted by molar-refractivity contribution is 0.631. The van der Waals surface area contributed by atoms with Crippen LogP contribution in [0, 0.1) is 0 Å². The third kappa shape index (κ3) is 1.85. The highest BCUT2D eigenvalue weighted by molar-refractivity contribution is 5.30. The van der Waals surface area contributed by atoms with E-state index in [2.05, 4.69) is 27.1 Å². The highest BCUT2D eigenvalue weighted by Crippen LogP contribution is 2.14. The van der Waals surface area contributed by atoms with E-state index in [4.69, 9.17) is 0 Å². The molecule has 1 aromatic rings. The second-order valence-corrected chi connectivity index (χ2v) is 3.48. The number of aromatic nitrogens is 2. The van der Waals surface area contributed by atoms with Crippen LogP contribution in [0.3, 0.4) is 0 Å². The van der Waals surface area contributed by atoms with Gasteiger partial charge < -0.3 is 10.2 Å². The fourth-order valence-corrected chi connectivity index (χ4v) is 1.91. The van der Waals surface area contributed by atoms with Crippen LogP contribution in [0.25, 0.3) is 0 Å². The summed E-state index contributed by atoms with van der Waals surface area (Å²) in [6.45, 7) is 5.27. The molecule has 0 spiro atoms. The maximum Gasteiger partial charge on any atom is 0.225 e. The molecule has 2 rings (SSSR count). The summed E-state index contributed by atoms with van der Waals surface area (Å²) in [5, 5.41) is 3.36. The lowest BCUT2D eigenvalue weighted by atomic mass is 10.2. The van der Waals surface area contributed by atoms with E-state index in [9.17, 15) is 0 Å².